The maximum atomic E-state index is 13.3. The van der Waals surface area contributed by atoms with Crippen LogP contribution in [-0.4, -0.2) is 51.0 Å². The van der Waals surface area contributed by atoms with Gasteiger partial charge in [-0.15, -0.1) is 0 Å². The summed E-state index contributed by atoms with van der Waals surface area (Å²) < 4.78 is 5.59. The van der Waals surface area contributed by atoms with Crippen LogP contribution in [0.2, 0.25) is 0 Å². The van der Waals surface area contributed by atoms with E-state index >= 15 is 0 Å². The molecule has 0 aromatic rings. The second-order valence-electron chi connectivity index (χ2n) is 10.4. The summed E-state index contributed by atoms with van der Waals surface area (Å²) in [5.74, 6) is -1.29. The summed E-state index contributed by atoms with van der Waals surface area (Å²) in [4.78, 5) is 24.9. The highest BCUT2D eigenvalue weighted by Crippen LogP contribution is 2.72. The van der Waals surface area contributed by atoms with E-state index in [4.69, 9.17) is 4.74 Å². The Morgan fingerprint density at radius 2 is 1.82 bits per heavy atom. The average Bonchev–Trinajstić information content (AvgIpc) is 2.72. The zero-order valence-electron chi connectivity index (χ0n) is 17.2. The quantitative estimate of drug-likeness (QED) is 0.464. The number of aliphatic hydroxyl groups is 3. The van der Waals surface area contributed by atoms with Gasteiger partial charge in [0.25, 0.3) is 0 Å². The van der Waals surface area contributed by atoms with Gasteiger partial charge >= 0.3 is 5.97 Å². The molecule has 0 aromatic heterocycles. The number of rotatable bonds is 1. The normalized spacial score (nSPS) is 52.0. The molecule has 0 radical (unpaired) electrons. The molecule has 4 fully saturated rings. The Morgan fingerprint density at radius 3 is 2.43 bits per heavy atom. The summed E-state index contributed by atoms with van der Waals surface area (Å²) in [6, 6.07) is 0. The van der Waals surface area contributed by atoms with Gasteiger partial charge in [-0.1, -0.05) is 27.4 Å². The summed E-state index contributed by atoms with van der Waals surface area (Å²) in [6.07, 6.45) is -0.381. The Balaban J connectivity index is 1.85. The first-order valence-electron chi connectivity index (χ1n) is 10.3. The van der Waals surface area contributed by atoms with Crippen LogP contribution in [0.3, 0.4) is 0 Å². The van der Waals surface area contributed by atoms with Crippen LogP contribution >= 0.6 is 0 Å². The number of hydrogen-bond acceptors (Lipinski definition) is 6. The van der Waals surface area contributed by atoms with Gasteiger partial charge in [0, 0.05) is 23.7 Å². The second kappa shape index (κ2) is 5.67. The molecule has 8 atom stereocenters. The van der Waals surface area contributed by atoms with Crippen molar-refractivity contribution in [3.8, 4) is 0 Å². The lowest BCUT2D eigenvalue weighted by atomic mass is 9.37. The third kappa shape index (κ3) is 1.95. The van der Waals surface area contributed by atoms with Crippen LogP contribution in [0.4, 0.5) is 0 Å². The lowest BCUT2D eigenvalue weighted by Gasteiger charge is -2.69. The zero-order valence-corrected chi connectivity index (χ0v) is 17.2. The summed E-state index contributed by atoms with van der Waals surface area (Å²) in [6.45, 7) is 11.3. The molecule has 0 aliphatic heterocycles. The van der Waals surface area contributed by atoms with Crippen LogP contribution in [0.1, 0.15) is 59.8 Å². The molecule has 0 amide bonds. The van der Waals surface area contributed by atoms with Gasteiger partial charge in [0.2, 0.25) is 0 Å². The smallest absolute Gasteiger partial charge is 0.302 e. The first kappa shape index (κ1) is 20.0. The Bertz CT molecular complexity index is 758. The fourth-order valence-corrected chi connectivity index (χ4v) is 7.70. The SMILES string of the molecule is C=C1C(=O)[C@]23C(O)[C@H]1CC[C@@]2(O)[C@]1(C)CC[C@H](OC(C)=O)C(C)(C)[C@H]1C[C@H]3O. The molecule has 6 heteroatoms. The molecule has 4 saturated carbocycles. The van der Waals surface area contributed by atoms with E-state index < -0.39 is 40.0 Å². The highest BCUT2D eigenvalue weighted by Gasteiger charge is 2.81. The molecular weight excluding hydrogens is 360 g/mol. The van der Waals surface area contributed by atoms with E-state index in [-0.39, 0.29) is 30.2 Å². The topological polar surface area (TPSA) is 104 Å². The monoisotopic (exact) mass is 392 g/mol. The maximum absolute atomic E-state index is 13.3. The van der Waals surface area contributed by atoms with Gasteiger partial charge in [-0.3, -0.25) is 9.59 Å². The number of esters is 1. The minimum Gasteiger partial charge on any atom is -0.462 e. The summed E-state index contributed by atoms with van der Waals surface area (Å²) in [5, 5.41) is 34.5. The van der Waals surface area contributed by atoms with Gasteiger partial charge < -0.3 is 20.1 Å². The molecule has 156 valence electrons. The fourth-order valence-electron chi connectivity index (χ4n) is 7.70. The van der Waals surface area contributed by atoms with E-state index in [2.05, 4.69) is 6.58 Å². The Hall–Kier alpha value is -1.24. The molecule has 0 saturated heterocycles. The molecular formula is C22H32O6. The molecule has 0 aromatic carbocycles. The van der Waals surface area contributed by atoms with Crippen LogP contribution in [0.15, 0.2) is 12.2 Å². The van der Waals surface area contributed by atoms with Crippen LogP contribution in [0.5, 0.6) is 0 Å². The number of fused-ring (bicyclic) bond motifs is 3. The number of hydrogen-bond donors (Lipinski definition) is 3. The molecule has 6 nitrogen and oxygen atoms in total. The molecule has 28 heavy (non-hydrogen) atoms. The standard InChI is InChI=1S/C22H32O6/c1-11-13-6-9-21(27)20(5)8-7-16(28-12(2)23)19(3,4)14(20)10-15(24)22(21,17(11)25)18(13)26/h13-16,18,24,26-27H,1,6-10H2,2-5H3/t13-,14+,15+,16-,18?,20+,21+,22+/m0/s1. The maximum Gasteiger partial charge on any atom is 0.302 e. The Labute approximate surface area is 166 Å². The number of carbonyl (C=O) groups is 2. The molecule has 0 heterocycles. The van der Waals surface area contributed by atoms with Gasteiger partial charge in [-0.25, -0.2) is 0 Å². The fraction of sp³-hybridized carbons (Fsp3) is 0.818. The van der Waals surface area contributed by atoms with Crippen molar-refractivity contribution in [3.05, 3.63) is 12.2 Å². The molecule has 1 spiro atoms. The highest BCUT2D eigenvalue weighted by molar-refractivity contribution is 6.05. The van der Waals surface area contributed by atoms with Gasteiger partial charge in [-0.2, -0.15) is 0 Å². The number of ketones is 1. The first-order valence-corrected chi connectivity index (χ1v) is 10.3. The highest BCUT2D eigenvalue weighted by atomic mass is 16.5. The minimum absolute atomic E-state index is 0.172. The van der Waals surface area contributed by atoms with Gasteiger partial charge in [0.15, 0.2) is 5.78 Å². The Kier molecular flexibility index (Phi) is 4.06. The van der Waals surface area contributed by atoms with Gasteiger partial charge in [0.1, 0.15) is 11.5 Å². The van der Waals surface area contributed by atoms with Crippen molar-refractivity contribution in [3.63, 3.8) is 0 Å². The largest absolute Gasteiger partial charge is 0.462 e. The molecule has 3 N–H and O–H groups in total. The van der Waals surface area contributed by atoms with Crippen molar-refractivity contribution in [1.82, 2.24) is 0 Å². The lowest BCUT2D eigenvalue weighted by molar-refractivity contribution is -0.313. The average molecular weight is 392 g/mol. The van der Waals surface area contributed by atoms with E-state index in [1.807, 2.05) is 20.8 Å². The van der Waals surface area contributed by atoms with Crippen molar-refractivity contribution < 1.29 is 29.6 Å². The van der Waals surface area contributed by atoms with Crippen molar-refractivity contribution in [2.24, 2.45) is 28.1 Å². The summed E-state index contributed by atoms with van der Waals surface area (Å²) in [7, 11) is 0. The first-order chi connectivity index (χ1) is 12.9. The number of Topliss-reactive ketones (excluding diaryl/α,β-unsaturated/α-hetero) is 1. The molecule has 4 aliphatic rings. The number of aliphatic hydroxyl groups excluding tert-OH is 2. The van der Waals surface area contributed by atoms with E-state index in [1.165, 1.54) is 6.92 Å². The van der Waals surface area contributed by atoms with Crippen LogP contribution in [0, 0.1) is 28.1 Å². The van der Waals surface area contributed by atoms with Crippen LogP contribution in [-0.2, 0) is 14.3 Å². The van der Waals surface area contributed by atoms with Gasteiger partial charge in [-0.05, 0) is 43.6 Å². The second-order valence-corrected chi connectivity index (χ2v) is 10.4. The van der Waals surface area contributed by atoms with Crippen molar-refractivity contribution in [2.75, 3.05) is 0 Å². The summed E-state index contributed by atoms with van der Waals surface area (Å²) >= 11 is 0. The van der Waals surface area contributed by atoms with E-state index in [1.54, 1.807) is 0 Å². The van der Waals surface area contributed by atoms with Gasteiger partial charge in [0.05, 0.1) is 17.8 Å². The Morgan fingerprint density at radius 1 is 1.18 bits per heavy atom. The van der Waals surface area contributed by atoms with E-state index in [0.717, 1.165) is 0 Å². The molecule has 1 unspecified atom stereocenters. The predicted molar refractivity (Wildman–Crippen MR) is 101 cm³/mol. The van der Waals surface area contributed by atoms with Crippen molar-refractivity contribution in [2.45, 2.75) is 83.7 Å². The van der Waals surface area contributed by atoms with Crippen LogP contribution < -0.4 is 0 Å². The minimum atomic E-state index is -1.61. The molecule has 4 aliphatic carbocycles. The van der Waals surface area contributed by atoms with E-state index in [9.17, 15) is 24.9 Å². The van der Waals surface area contributed by atoms with Crippen LogP contribution in [0.25, 0.3) is 0 Å². The third-order valence-corrected chi connectivity index (χ3v) is 9.12. The predicted octanol–water partition coefficient (Wildman–Crippen LogP) is 1.75. The zero-order chi connectivity index (χ0) is 20.9. The van der Waals surface area contributed by atoms with Crippen molar-refractivity contribution in [1.29, 1.82) is 0 Å². The third-order valence-electron chi connectivity index (χ3n) is 9.12. The number of ether oxygens (including phenoxy) is 1. The van der Waals surface area contributed by atoms with Crippen molar-refractivity contribution >= 4 is 11.8 Å². The summed E-state index contributed by atoms with van der Waals surface area (Å²) in [5.41, 5.74) is -4.00. The van der Waals surface area contributed by atoms with E-state index in [0.29, 0.717) is 31.3 Å². The number of carbonyl (C=O) groups excluding carboxylic acids is 2. The molecule has 2 bridgehead atoms. The molecule has 4 rings (SSSR count). The lowest BCUT2D eigenvalue weighted by Crippen LogP contribution is -2.77.